The third-order valence-corrected chi connectivity index (χ3v) is 5.53. The molecule has 0 heterocycles. The van der Waals surface area contributed by atoms with Crippen molar-refractivity contribution in [1.29, 1.82) is 0 Å². The molecular formula is C24H31ClN2O3. The van der Waals surface area contributed by atoms with E-state index in [-0.39, 0.29) is 24.5 Å². The number of amides is 2. The summed E-state index contributed by atoms with van der Waals surface area (Å²) in [7, 11) is 0. The van der Waals surface area contributed by atoms with Crippen LogP contribution in [-0.4, -0.2) is 35.4 Å². The fraction of sp³-hybridized carbons (Fsp3) is 0.417. The first-order valence-electron chi connectivity index (χ1n) is 10.3. The lowest BCUT2D eigenvalue weighted by molar-refractivity contribution is -0.142. The number of ether oxygens (including phenoxy) is 1. The summed E-state index contributed by atoms with van der Waals surface area (Å²) in [5.41, 5.74) is 3.15. The Morgan fingerprint density at radius 3 is 2.33 bits per heavy atom. The highest BCUT2D eigenvalue weighted by Crippen LogP contribution is 2.18. The van der Waals surface area contributed by atoms with Gasteiger partial charge in [0.1, 0.15) is 11.8 Å². The maximum atomic E-state index is 13.0. The number of nitrogens with one attached hydrogen (secondary N) is 1. The highest BCUT2D eigenvalue weighted by Gasteiger charge is 2.27. The van der Waals surface area contributed by atoms with Gasteiger partial charge >= 0.3 is 0 Å². The zero-order chi connectivity index (χ0) is 22.3. The summed E-state index contributed by atoms with van der Waals surface area (Å²) < 4.78 is 5.73. The molecule has 2 aromatic carbocycles. The number of rotatable bonds is 9. The van der Waals surface area contributed by atoms with E-state index >= 15 is 0 Å². The van der Waals surface area contributed by atoms with Crippen molar-refractivity contribution >= 4 is 23.4 Å². The number of carbonyl (C=O) groups excluding carboxylic acids is 2. The normalized spacial score (nSPS) is 12.7. The minimum Gasteiger partial charge on any atom is -0.484 e. The molecule has 0 saturated heterocycles. The molecule has 0 fully saturated rings. The van der Waals surface area contributed by atoms with Crippen molar-refractivity contribution in [2.75, 3.05) is 6.61 Å². The van der Waals surface area contributed by atoms with Crippen LogP contribution in [-0.2, 0) is 16.1 Å². The van der Waals surface area contributed by atoms with Crippen LogP contribution in [0.5, 0.6) is 5.75 Å². The first-order valence-corrected chi connectivity index (χ1v) is 10.6. The van der Waals surface area contributed by atoms with E-state index in [0.29, 0.717) is 17.3 Å². The first kappa shape index (κ1) is 23.7. The average Bonchev–Trinajstić information content (AvgIpc) is 2.73. The topological polar surface area (TPSA) is 58.6 Å². The Bertz CT molecular complexity index is 867. The molecule has 0 radical (unpaired) electrons. The van der Waals surface area contributed by atoms with Gasteiger partial charge in [-0.2, -0.15) is 0 Å². The maximum Gasteiger partial charge on any atom is 0.261 e. The summed E-state index contributed by atoms with van der Waals surface area (Å²) in [4.78, 5) is 27.3. The third-order valence-electron chi connectivity index (χ3n) is 5.28. The Kier molecular flexibility index (Phi) is 8.72. The van der Waals surface area contributed by atoms with Gasteiger partial charge in [-0.25, -0.2) is 0 Å². The Hall–Kier alpha value is -2.53. The van der Waals surface area contributed by atoms with E-state index in [1.165, 1.54) is 0 Å². The number of halogens is 1. The molecule has 2 amide bonds. The Morgan fingerprint density at radius 2 is 1.73 bits per heavy atom. The monoisotopic (exact) mass is 430 g/mol. The molecular weight excluding hydrogens is 400 g/mol. The van der Waals surface area contributed by atoms with Gasteiger partial charge in [-0.3, -0.25) is 9.59 Å². The lowest BCUT2D eigenvalue weighted by Crippen LogP contribution is -2.50. The second kappa shape index (κ2) is 11.0. The summed E-state index contributed by atoms with van der Waals surface area (Å²) in [6.45, 7) is 9.86. The van der Waals surface area contributed by atoms with E-state index in [9.17, 15) is 9.59 Å². The van der Waals surface area contributed by atoms with Crippen molar-refractivity contribution in [1.82, 2.24) is 10.2 Å². The summed E-state index contributed by atoms with van der Waals surface area (Å²) in [5.74, 6) is 0.197. The van der Waals surface area contributed by atoms with Crippen molar-refractivity contribution in [2.24, 2.45) is 0 Å². The molecule has 162 valence electrons. The number of hydrogen-bond donors (Lipinski definition) is 1. The van der Waals surface area contributed by atoms with E-state index in [4.69, 9.17) is 16.3 Å². The van der Waals surface area contributed by atoms with Crippen molar-refractivity contribution in [2.45, 2.75) is 59.7 Å². The SMILES string of the molecule is CC[C@@H](C)NC(=O)[C@H](C)N(Cc1ccc(Cl)cc1)C(=O)COc1ccc(C)c(C)c1. The van der Waals surface area contributed by atoms with Gasteiger partial charge in [0.2, 0.25) is 5.91 Å². The second-order valence-corrected chi connectivity index (χ2v) is 8.11. The molecule has 2 atom stereocenters. The molecule has 0 aliphatic carbocycles. The highest BCUT2D eigenvalue weighted by molar-refractivity contribution is 6.30. The van der Waals surface area contributed by atoms with Gasteiger partial charge in [-0.1, -0.05) is 36.7 Å². The van der Waals surface area contributed by atoms with Crippen LogP contribution in [0.15, 0.2) is 42.5 Å². The minimum absolute atomic E-state index is 0.0409. The summed E-state index contributed by atoms with van der Waals surface area (Å²) >= 11 is 5.97. The molecule has 0 spiro atoms. The highest BCUT2D eigenvalue weighted by atomic mass is 35.5. The molecule has 30 heavy (non-hydrogen) atoms. The molecule has 0 aromatic heterocycles. The minimum atomic E-state index is -0.634. The van der Waals surface area contributed by atoms with Crippen LogP contribution in [0.1, 0.15) is 43.9 Å². The Labute approximate surface area is 184 Å². The number of hydrogen-bond acceptors (Lipinski definition) is 3. The summed E-state index contributed by atoms with van der Waals surface area (Å²) in [6.07, 6.45) is 0.819. The first-order chi connectivity index (χ1) is 14.2. The quantitative estimate of drug-likeness (QED) is 0.629. The van der Waals surface area contributed by atoms with Gasteiger partial charge in [0.25, 0.3) is 5.91 Å². The van der Waals surface area contributed by atoms with Crippen LogP contribution in [0.3, 0.4) is 0 Å². The summed E-state index contributed by atoms with van der Waals surface area (Å²) in [6, 6.07) is 12.4. The standard InChI is InChI=1S/C24H31ClN2O3/c1-6-18(4)26-24(29)19(5)27(14-20-8-10-21(25)11-9-20)23(28)15-30-22-12-7-16(2)17(3)13-22/h7-13,18-19H,6,14-15H2,1-5H3,(H,26,29)/t18-,19+/m1/s1. The Morgan fingerprint density at radius 1 is 1.07 bits per heavy atom. The Balaban J connectivity index is 2.15. The van der Waals surface area contributed by atoms with Crippen LogP contribution in [0, 0.1) is 13.8 Å². The van der Waals surface area contributed by atoms with Gasteiger partial charge in [0.15, 0.2) is 6.61 Å². The maximum absolute atomic E-state index is 13.0. The molecule has 0 unspecified atom stereocenters. The van der Waals surface area contributed by atoms with Gasteiger partial charge in [-0.15, -0.1) is 0 Å². The van der Waals surface area contributed by atoms with Crippen LogP contribution in [0.25, 0.3) is 0 Å². The average molecular weight is 431 g/mol. The van der Waals surface area contributed by atoms with E-state index < -0.39 is 6.04 Å². The number of nitrogens with zero attached hydrogens (tertiary/aromatic N) is 1. The summed E-state index contributed by atoms with van der Waals surface area (Å²) in [5, 5.41) is 3.57. The fourth-order valence-corrected chi connectivity index (χ4v) is 2.99. The van der Waals surface area contributed by atoms with E-state index in [0.717, 1.165) is 23.1 Å². The largest absolute Gasteiger partial charge is 0.484 e. The number of aryl methyl sites for hydroxylation is 2. The molecule has 1 N–H and O–H groups in total. The van der Waals surface area contributed by atoms with Gasteiger partial charge in [0, 0.05) is 17.6 Å². The lowest BCUT2D eigenvalue weighted by atomic mass is 10.1. The smallest absolute Gasteiger partial charge is 0.261 e. The molecule has 0 aliphatic rings. The molecule has 0 saturated carbocycles. The number of carbonyl (C=O) groups is 2. The van der Waals surface area contributed by atoms with E-state index in [2.05, 4.69) is 5.32 Å². The number of benzene rings is 2. The van der Waals surface area contributed by atoms with Crippen molar-refractivity contribution < 1.29 is 14.3 Å². The van der Waals surface area contributed by atoms with Crippen molar-refractivity contribution in [3.63, 3.8) is 0 Å². The van der Waals surface area contributed by atoms with Crippen LogP contribution in [0.2, 0.25) is 5.02 Å². The van der Waals surface area contributed by atoms with Crippen LogP contribution < -0.4 is 10.1 Å². The predicted molar refractivity (Wildman–Crippen MR) is 121 cm³/mol. The molecule has 0 bridgehead atoms. The van der Waals surface area contributed by atoms with Crippen LogP contribution in [0.4, 0.5) is 0 Å². The predicted octanol–water partition coefficient (Wildman–Crippen LogP) is 4.67. The van der Waals surface area contributed by atoms with E-state index in [1.54, 1.807) is 24.0 Å². The lowest BCUT2D eigenvalue weighted by Gasteiger charge is -2.29. The van der Waals surface area contributed by atoms with Gasteiger partial charge in [-0.05, 0) is 75.1 Å². The zero-order valence-corrected chi connectivity index (χ0v) is 19.1. The molecule has 2 aromatic rings. The van der Waals surface area contributed by atoms with E-state index in [1.807, 2.05) is 58.0 Å². The zero-order valence-electron chi connectivity index (χ0n) is 18.4. The van der Waals surface area contributed by atoms with Crippen LogP contribution >= 0.6 is 11.6 Å². The van der Waals surface area contributed by atoms with Crippen molar-refractivity contribution in [3.8, 4) is 5.75 Å². The molecule has 0 aliphatic heterocycles. The fourth-order valence-electron chi connectivity index (χ4n) is 2.87. The molecule has 6 heteroatoms. The van der Waals surface area contributed by atoms with Gasteiger partial charge < -0.3 is 15.0 Å². The second-order valence-electron chi connectivity index (χ2n) is 7.68. The molecule has 2 rings (SSSR count). The third kappa shape index (κ3) is 6.77. The van der Waals surface area contributed by atoms with Crippen molar-refractivity contribution in [3.05, 3.63) is 64.2 Å². The molecule has 5 nitrogen and oxygen atoms in total. The van der Waals surface area contributed by atoms with Gasteiger partial charge in [0.05, 0.1) is 0 Å².